The first-order valence-electron chi connectivity index (χ1n) is 10.1. The Hall–Kier alpha value is -3.67. The van der Waals surface area contributed by atoms with Crippen LogP contribution in [0.4, 0.5) is 0 Å². The van der Waals surface area contributed by atoms with Crippen molar-refractivity contribution < 1.29 is 19.1 Å². The van der Waals surface area contributed by atoms with Gasteiger partial charge in [-0.1, -0.05) is 72.8 Å². The van der Waals surface area contributed by atoms with Gasteiger partial charge in [0.15, 0.2) is 0 Å². The molecule has 0 aliphatic carbocycles. The number of carbonyl (C=O) groups excluding carboxylic acids is 3. The number of allylic oxidation sites excluding steroid dienone is 1. The molecule has 2 atom stereocenters. The first kappa shape index (κ1) is 22.0. The van der Waals surface area contributed by atoms with E-state index in [1.54, 1.807) is 13.8 Å². The van der Waals surface area contributed by atoms with Crippen LogP contribution >= 0.6 is 0 Å². The number of β-lactam (4-membered cyclic amide) rings is 1. The average molecular weight is 418 g/mol. The molecular formula is C25H26N2O4. The largest absolute Gasteiger partial charge is 0.456 e. The van der Waals surface area contributed by atoms with Gasteiger partial charge in [-0.15, -0.1) is 0 Å². The van der Waals surface area contributed by atoms with E-state index in [1.165, 1.54) is 11.8 Å². The van der Waals surface area contributed by atoms with Crippen molar-refractivity contribution in [1.82, 2.24) is 10.2 Å². The molecule has 0 radical (unpaired) electrons. The minimum absolute atomic E-state index is 0.109. The quantitative estimate of drug-likeness (QED) is 0.425. The molecule has 1 N–H and O–H groups in total. The van der Waals surface area contributed by atoms with Gasteiger partial charge in [0.2, 0.25) is 5.91 Å². The van der Waals surface area contributed by atoms with Gasteiger partial charge in [0.25, 0.3) is 5.91 Å². The van der Waals surface area contributed by atoms with Crippen molar-refractivity contribution in [3.05, 3.63) is 89.1 Å². The molecule has 6 nitrogen and oxygen atoms in total. The highest BCUT2D eigenvalue weighted by atomic mass is 16.5. The third kappa shape index (κ3) is 5.28. The van der Waals surface area contributed by atoms with Crippen molar-refractivity contribution in [2.75, 3.05) is 0 Å². The summed E-state index contributed by atoms with van der Waals surface area (Å²) in [5.74, 6) is -1.22. The van der Waals surface area contributed by atoms with Crippen LogP contribution in [0.5, 0.6) is 0 Å². The minimum Gasteiger partial charge on any atom is -0.456 e. The average Bonchev–Trinajstić information content (AvgIpc) is 2.76. The zero-order valence-electron chi connectivity index (χ0n) is 17.9. The molecular weight excluding hydrogens is 392 g/mol. The second-order valence-electron chi connectivity index (χ2n) is 7.56. The van der Waals surface area contributed by atoms with Gasteiger partial charge in [-0.2, -0.15) is 0 Å². The molecule has 1 aliphatic heterocycles. The number of hydrogen-bond donors (Lipinski definition) is 1. The molecule has 2 unspecified atom stereocenters. The van der Waals surface area contributed by atoms with E-state index in [0.29, 0.717) is 5.57 Å². The van der Waals surface area contributed by atoms with E-state index in [4.69, 9.17) is 4.74 Å². The first-order chi connectivity index (χ1) is 14.9. The highest BCUT2D eigenvalue weighted by molar-refractivity contribution is 6.02. The predicted molar refractivity (Wildman–Crippen MR) is 118 cm³/mol. The van der Waals surface area contributed by atoms with Crippen LogP contribution < -0.4 is 5.32 Å². The van der Waals surface area contributed by atoms with E-state index in [1.807, 2.05) is 72.8 Å². The van der Waals surface area contributed by atoms with E-state index in [-0.39, 0.29) is 24.1 Å². The number of benzene rings is 2. The summed E-state index contributed by atoms with van der Waals surface area (Å²) in [6, 6.07) is 17.7. The lowest BCUT2D eigenvalue weighted by Gasteiger charge is -2.46. The number of carbonyl (C=O) groups is 3. The van der Waals surface area contributed by atoms with Crippen LogP contribution in [0.15, 0.2) is 78.0 Å². The summed E-state index contributed by atoms with van der Waals surface area (Å²) in [6.45, 7) is 4.99. The maximum Gasteiger partial charge on any atom is 0.355 e. The van der Waals surface area contributed by atoms with Crippen LogP contribution in [0.1, 0.15) is 31.9 Å². The lowest BCUT2D eigenvalue weighted by Crippen LogP contribution is -2.70. The fraction of sp³-hybridized carbons (Fsp3) is 0.240. The van der Waals surface area contributed by atoms with Gasteiger partial charge in [-0.05, 0) is 30.5 Å². The third-order valence-electron chi connectivity index (χ3n) is 4.91. The summed E-state index contributed by atoms with van der Waals surface area (Å²) < 4.78 is 5.48. The van der Waals surface area contributed by atoms with Crippen LogP contribution in [0.2, 0.25) is 0 Å². The van der Waals surface area contributed by atoms with Crippen molar-refractivity contribution >= 4 is 23.9 Å². The summed E-state index contributed by atoms with van der Waals surface area (Å²) in [7, 11) is 0. The lowest BCUT2D eigenvalue weighted by molar-refractivity contribution is -0.154. The molecule has 0 spiro atoms. The van der Waals surface area contributed by atoms with Crippen molar-refractivity contribution in [2.24, 2.45) is 0 Å². The Kier molecular flexibility index (Phi) is 7.03. The Morgan fingerprint density at radius 3 is 2.19 bits per heavy atom. The maximum atomic E-state index is 12.9. The number of amides is 2. The molecule has 1 aliphatic rings. The number of nitrogens with zero attached hydrogens (tertiary/aromatic N) is 1. The summed E-state index contributed by atoms with van der Waals surface area (Å²) in [4.78, 5) is 38.8. The van der Waals surface area contributed by atoms with E-state index in [2.05, 4.69) is 5.32 Å². The van der Waals surface area contributed by atoms with E-state index in [0.717, 1.165) is 11.1 Å². The molecule has 1 saturated heterocycles. The number of rotatable bonds is 7. The Labute approximate surface area is 182 Å². The van der Waals surface area contributed by atoms with Crippen molar-refractivity contribution in [3.8, 4) is 0 Å². The summed E-state index contributed by atoms with van der Waals surface area (Å²) in [5.41, 5.74) is 2.67. The molecule has 6 heteroatoms. The summed E-state index contributed by atoms with van der Waals surface area (Å²) in [5, 5.41) is 2.68. The minimum atomic E-state index is -0.728. The van der Waals surface area contributed by atoms with Crippen LogP contribution in [0, 0.1) is 0 Å². The molecule has 2 amide bonds. The fourth-order valence-electron chi connectivity index (χ4n) is 3.44. The van der Waals surface area contributed by atoms with Crippen molar-refractivity contribution in [3.63, 3.8) is 0 Å². The van der Waals surface area contributed by atoms with Crippen LogP contribution in [-0.2, 0) is 25.7 Å². The van der Waals surface area contributed by atoms with Crippen LogP contribution in [0.25, 0.3) is 6.08 Å². The number of hydrogen-bond acceptors (Lipinski definition) is 4. The topological polar surface area (TPSA) is 75.7 Å². The van der Waals surface area contributed by atoms with Crippen LogP contribution in [0.3, 0.4) is 0 Å². The molecule has 2 aromatic rings. The first-order valence-corrected chi connectivity index (χ1v) is 10.1. The Morgan fingerprint density at radius 1 is 1.00 bits per heavy atom. The molecule has 0 aromatic heterocycles. The molecule has 2 aromatic carbocycles. The fourth-order valence-corrected chi connectivity index (χ4v) is 3.44. The molecule has 0 saturated carbocycles. The smallest absolute Gasteiger partial charge is 0.355 e. The molecule has 0 bridgehead atoms. The number of ether oxygens (including phenoxy) is 1. The standard InChI is InChI=1S/C25H26N2O4/c1-17(2)23(25(30)31-16-20-12-8-5-9-13-20)27-21(22(24(27)29)26-18(3)28)15-14-19-10-6-4-7-11-19/h4-15,21-22H,16H2,1-3H3,(H,26,28). The molecule has 160 valence electrons. The van der Waals surface area contributed by atoms with Crippen molar-refractivity contribution in [1.29, 1.82) is 0 Å². The van der Waals surface area contributed by atoms with E-state index >= 15 is 0 Å². The second kappa shape index (κ2) is 9.89. The number of likely N-dealkylation sites (tertiary alicyclic amines) is 1. The molecule has 3 rings (SSSR count). The van der Waals surface area contributed by atoms with Gasteiger partial charge >= 0.3 is 5.97 Å². The monoisotopic (exact) mass is 418 g/mol. The Balaban J connectivity index is 1.83. The lowest BCUT2D eigenvalue weighted by atomic mass is 9.91. The highest BCUT2D eigenvalue weighted by Crippen LogP contribution is 2.30. The van der Waals surface area contributed by atoms with Crippen LogP contribution in [-0.4, -0.2) is 34.8 Å². The normalized spacial score (nSPS) is 17.8. The summed E-state index contributed by atoms with van der Waals surface area (Å²) in [6.07, 6.45) is 3.70. The van der Waals surface area contributed by atoms with Gasteiger partial charge in [-0.3, -0.25) is 14.5 Å². The third-order valence-corrected chi connectivity index (χ3v) is 4.91. The van der Waals surface area contributed by atoms with Gasteiger partial charge < -0.3 is 10.1 Å². The second-order valence-corrected chi connectivity index (χ2v) is 7.56. The molecule has 31 heavy (non-hydrogen) atoms. The summed E-state index contributed by atoms with van der Waals surface area (Å²) >= 11 is 0. The van der Waals surface area contributed by atoms with Gasteiger partial charge in [0.1, 0.15) is 18.3 Å². The zero-order valence-corrected chi connectivity index (χ0v) is 17.9. The van der Waals surface area contributed by atoms with E-state index < -0.39 is 18.1 Å². The van der Waals surface area contributed by atoms with Gasteiger partial charge in [-0.25, -0.2) is 4.79 Å². The SMILES string of the molecule is CC(=O)NC1C(=O)N(C(C(=O)OCc2ccccc2)=C(C)C)C1C=Cc1ccccc1. The highest BCUT2D eigenvalue weighted by Gasteiger charge is 2.50. The molecule has 1 fully saturated rings. The Morgan fingerprint density at radius 2 is 1.61 bits per heavy atom. The van der Waals surface area contributed by atoms with E-state index in [9.17, 15) is 14.4 Å². The van der Waals surface area contributed by atoms with Crippen molar-refractivity contribution in [2.45, 2.75) is 39.5 Å². The predicted octanol–water partition coefficient (Wildman–Crippen LogP) is 3.45. The Bertz CT molecular complexity index is 1010. The number of esters is 1. The number of nitrogens with one attached hydrogen (secondary N) is 1. The molecule has 1 heterocycles. The zero-order chi connectivity index (χ0) is 22.4. The maximum absolute atomic E-state index is 12.9. The van der Waals surface area contributed by atoms with Gasteiger partial charge in [0.05, 0.1) is 6.04 Å². The van der Waals surface area contributed by atoms with Gasteiger partial charge in [0, 0.05) is 6.92 Å².